The molecule has 0 saturated heterocycles. The number of benzene rings is 1. The molecule has 0 bridgehead atoms. The number of nitrogens with one attached hydrogen (secondary N) is 1. The first-order chi connectivity index (χ1) is 9.08. The van der Waals surface area contributed by atoms with Gasteiger partial charge in [-0.15, -0.1) is 0 Å². The lowest BCUT2D eigenvalue weighted by molar-refractivity contribution is -0.121. The van der Waals surface area contributed by atoms with Crippen LogP contribution in [-0.4, -0.2) is 11.9 Å². The van der Waals surface area contributed by atoms with Crippen molar-refractivity contribution in [1.29, 1.82) is 0 Å². The van der Waals surface area contributed by atoms with E-state index in [9.17, 15) is 9.18 Å². The van der Waals surface area contributed by atoms with Crippen molar-refractivity contribution in [1.82, 2.24) is 5.32 Å². The van der Waals surface area contributed by atoms with Gasteiger partial charge in [0.25, 0.3) is 0 Å². The lowest BCUT2D eigenvalue weighted by Gasteiger charge is -2.29. The third kappa shape index (κ3) is 3.69. The minimum Gasteiger partial charge on any atom is -0.353 e. The molecule has 1 aromatic rings. The van der Waals surface area contributed by atoms with Crippen molar-refractivity contribution >= 4 is 17.5 Å². The van der Waals surface area contributed by atoms with Crippen molar-refractivity contribution in [3.05, 3.63) is 34.6 Å². The second-order valence-electron chi connectivity index (χ2n) is 5.31. The van der Waals surface area contributed by atoms with Crippen LogP contribution in [0.2, 0.25) is 5.02 Å². The quantitative estimate of drug-likeness (QED) is 0.900. The van der Waals surface area contributed by atoms with Crippen LogP contribution in [0.1, 0.15) is 38.2 Å². The largest absolute Gasteiger partial charge is 0.353 e. The van der Waals surface area contributed by atoms with Crippen molar-refractivity contribution in [3.8, 4) is 0 Å². The summed E-state index contributed by atoms with van der Waals surface area (Å²) in [6, 6.07) is 4.70. The van der Waals surface area contributed by atoms with Crippen molar-refractivity contribution in [2.75, 3.05) is 0 Å². The normalized spacial score (nSPS) is 23.1. The van der Waals surface area contributed by atoms with Gasteiger partial charge in [-0.25, -0.2) is 4.39 Å². The lowest BCUT2D eigenvalue weighted by Crippen LogP contribution is -2.41. The summed E-state index contributed by atoms with van der Waals surface area (Å²) in [4.78, 5) is 12.0. The Morgan fingerprint density at radius 1 is 1.42 bits per heavy atom. The molecule has 0 radical (unpaired) electrons. The van der Waals surface area contributed by atoms with Gasteiger partial charge in [-0.3, -0.25) is 4.79 Å². The zero-order valence-corrected chi connectivity index (χ0v) is 11.8. The van der Waals surface area contributed by atoms with Gasteiger partial charge < -0.3 is 5.32 Å². The molecule has 2 atom stereocenters. The Kier molecular flexibility index (Phi) is 4.81. The predicted octanol–water partition coefficient (Wildman–Crippen LogP) is 3.72. The number of carbonyl (C=O) groups excluding carboxylic acids is 1. The van der Waals surface area contributed by atoms with Crippen molar-refractivity contribution < 1.29 is 9.18 Å². The summed E-state index contributed by atoms with van der Waals surface area (Å²) in [5.74, 6) is -0.0705. The van der Waals surface area contributed by atoms with E-state index >= 15 is 0 Å². The van der Waals surface area contributed by atoms with Gasteiger partial charge in [0.15, 0.2) is 0 Å². The molecule has 0 unspecified atom stereocenters. The average Bonchev–Trinajstić information content (AvgIpc) is 2.37. The highest BCUT2D eigenvalue weighted by Gasteiger charge is 2.23. The highest BCUT2D eigenvalue weighted by Crippen LogP contribution is 2.24. The molecule has 1 aliphatic carbocycles. The molecular weight excluding hydrogens is 265 g/mol. The molecule has 1 aromatic carbocycles. The lowest BCUT2D eigenvalue weighted by atomic mass is 9.86. The molecule has 0 spiro atoms. The van der Waals surface area contributed by atoms with Gasteiger partial charge >= 0.3 is 0 Å². The second-order valence-corrected chi connectivity index (χ2v) is 5.72. The van der Waals surface area contributed by atoms with Crippen LogP contribution in [-0.2, 0) is 11.2 Å². The molecule has 1 fully saturated rings. The van der Waals surface area contributed by atoms with Crippen LogP contribution in [0.25, 0.3) is 0 Å². The van der Waals surface area contributed by atoms with Gasteiger partial charge in [0.05, 0.1) is 6.42 Å². The van der Waals surface area contributed by atoms with Gasteiger partial charge in [-0.2, -0.15) is 0 Å². The van der Waals surface area contributed by atoms with Crippen LogP contribution >= 0.6 is 11.6 Å². The van der Waals surface area contributed by atoms with E-state index in [-0.39, 0.29) is 23.9 Å². The first-order valence-electron chi connectivity index (χ1n) is 6.80. The first-order valence-corrected chi connectivity index (χ1v) is 7.18. The van der Waals surface area contributed by atoms with E-state index in [1.54, 1.807) is 12.1 Å². The van der Waals surface area contributed by atoms with Gasteiger partial charge in [0.1, 0.15) is 5.82 Å². The summed E-state index contributed by atoms with van der Waals surface area (Å²) >= 11 is 5.93. The Balaban J connectivity index is 1.97. The third-order valence-corrected chi connectivity index (χ3v) is 4.21. The molecule has 4 heteroatoms. The van der Waals surface area contributed by atoms with E-state index in [1.807, 2.05) is 0 Å². The Morgan fingerprint density at radius 3 is 2.84 bits per heavy atom. The van der Waals surface area contributed by atoms with E-state index in [0.29, 0.717) is 10.9 Å². The third-order valence-electron chi connectivity index (χ3n) is 3.86. The minimum atomic E-state index is -0.417. The van der Waals surface area contributed by atoms with Crippen molar-refractivity contribution in [3.63, 3.8) is 0 Å². The molecule has 0 aromatic heterocycles. The maximum Gasteiger partial charge on any atom is 0.224 e. The van der Waals surface area contributed by atoms with E-state index in [0.717, 1.165) is 19.3 Å². The van der Waals surface area contributed by atoms with Gasteiger partial charge in [0.2, 0.25) is 5.91 Å². The van der Waals surface area contributed by atoms with Gasteiger partial charge in [0, 0.05) is 16.6 Å². The van der Waals surface area contributed by atoms with Crippen LogP contribution < -0.4 is 5.32 Å². The van der Waals surface area contributed by atoms with Gasteiger partial charge in [-0.05, 0) is 30.9 Å². The summed E-state index contributed by atoms with van der Waals surface area (Å²) < 4.78 is 13.6. The summed E-state index contributed by atoms with van der Waals surface area (Å²) in [5, 5.41) is 3.32. The summed E-state index contributed by atoms with van der Waals surface area (Å²) in [5.41, 5.74) is 0.283. The number of hydrogen-bond donors (Lipinski definition) is 1. The van der Waals surface area contributed by atoms with Gasteiger partial charge in [-0.1, -0.05) is 37.4 Å². The fourth-order valence-corrected chi connectivity index (χ4v) is 2.88. The maximum atomic E-state index is 13.6. The molecule has 1 amide bonds. The maximum absolute atomic E-state index is 13.6. The fourth-order valence-electron chi connectivity index (χ4n) is 2.65. The molecule has 104 valence electrons. The summed E-state index contributed by atoms with van der Waals surface area (Å²) in [6.45, 7) is 2.15. The number of halogens is 2. The number of carbonyl (C=O) groups is 1. The van der Waals surface area contributed by atoms with Crippen LogP contribution in [0.15, 0.2) is 18.2 Å². The molecule has 19 heavy (non-hydrogen) atoms. The topological polar surface area (TPSA) is 29.1 Å². The second kappa shape index (κ2) is 6.38. The first kappa shape index (κ1) is 14.3. The molecule has 1 saturated carbocycles. The predicted molar refractivity (Wildman–Crippen MR) is 74.7 cm³/mol. The Morgan fingerprint density at radius 2 is 2.16 bits per heavy atom. The SMILES string of the molecule is C[C@@H]1CCCC[C@@H]1NC(=O)Cc1c(F)cccc1Cl. The van der Waals surface area contributed by atoms with E-state index < -0.39 is 5.82 Å². The standard InChI is InChI=1S/C15H19ClFNO/c1-10-5-2-3-8-14(10)18-15(19)9-11-12(16)6-4-7-13(11)17/h4,6-7,10,14H,2-3,5,8-9H2,1H3,(H,18,19)/t10-,14+/m1/s1. The molecule has 2 nitrogen and oxygen atoms in total. The molecule has 2 rings (SSSR count). The number of amides is 1. The highest BCUT2D eigenvalue weighted by atomic mass is 35.5. The molecule has 0 aliphatic heterocycles. The fraction of sp³-hybridized carbons (Fsp3) is 0.533. The highest BCUT2D eigenvalue weighted by molar-refractivity contribution is 6.31. The minimum absolute atomic E-state index is 0.00866. The molecule has 0 heterocycles. The van der Waals surface area contributed by atoms with Crippen LogP contribution in [0.4, 0.5) is 4.39 Å². The van der Waals surface area contributed by atoms with Crippen molar-refractivity contribution in [2.24, 2.45) is 5.92 Å². The molecular formula is C15H19ClFNO. The Hall–Kier alpha value is -1.09. The van der Waals surface area contributed by atoms with E-state index in [1.165, 1.54) is 12.5 Å². The Labute approximate surface area is 118 Å². The monoisotopic (exact) mass is 283 g/mol. The Bertz CT molecular complexity index is 443. The van der Waals surface area contributed by atoms with Crippen LogP contribution in [0, 0.1) is 11.7 Å². The zero-order valence-electron chi connectivity index (χ0n) is 11.1. The number of hydrogen-bond acceptors (Lipinski definition) is 1. The van der Waals surface area contributed by atoms with Crippen LogP contribution in [0.5, 0.6) is 0 Å². The average molecular weight is 284 g/mol. The molecule has 1 aliphatic rings. The van der Waals surface area contributed by atoms with Crippen LogP contribution in [0.3, 0.4) is 0 Å². The zero-order chi connectivity index (χ0) is 13.8. The smallest absolute Gasteiger partial charge is 0.224 e. The van der Waals surface area contributed by atoms with Crippen molar-refractivity contribution in [2.45, 2.75) is 45.1 Å². The van der Waals surface area contributed by atoms with E-state index in [2.05, 4.69) is 12.2 Å². The summed E-state index contributed by atoms with van der Waals surface area (Å²) in [7, 11) is 0. The number of rotatable bonds is 3. The summed E-state index contributed by atoms with van der Waals surface area (Å²) in [6.07, 6.45) is 4.54. The molecule has 1 N–H and O–H groups in total. The van der Waals surface area contributed by atoms with E-state index in [4.69, 9.17) is 11.6 Å².